The first-order valence-electron chi connectivity index (χ1n) is 6.08. The molecule has 0 spiro atoms. The molecule has 0 aromatic carbocycles. The van der Waals surface area contributed by atoms with Gasteiger partial charge in [-0.25, -0.2) is 0 Å². The van der Waals surface area contributed by atoms with Crippen molar-refractivity contribution in [2.24, 2.45) is 0 Å². The Morgan fingerprint density at radius 2 is 2.31 bits per heavy atom. The van der Waals surface area contributed by atoms with Gasteiger partial charge in [0.25, 0.3) is 0 Å². The molecule has 4 heteroatoms. The van der Waals surface area contributed by atoms with E-state index in [1.807, 2.05) is 14.0 Å². The van der Waals surface area contributed by atoms with Crippen LogP contribution >= 0.6 is 11.6 Å². The van der Waals surface area contributed by atoms with Crippen molar-refractivity contribution in [3.8, 4) is 0 Å². The second kappa shape index (κ2) is 7.13. The smallest absolute Gasteiger partial charge is 0.222 e. The Labute approximate surface area is 103 Å². The molecule has 0 saturated carbocycles. The van der Waals surface area contributed by atoms with Crippen LogP contribution in [0.15, 0.2) is 0 Å². The van der Waals surface area contributed by atoms with Crippen molar-refractivity contribution in [3.63, 3.8) is 0 Å². The summed E-state index contributed by atoms with van der Waals surface area (Å²) >= 11 is 5.72. The molecule has 0 aromatic rings. The molecular weight excluding hydrogens is 226 g/mol. The molecule has 0 bridgehead atoms. The van der Waals surface area contributed by atoms with Crippen LogP contribution in [0.2, 0.25) is 0 Å². The lowest BCUT2D eigenvalue weighted by atomic mass is 10.0. The Hall–Kier alpha value is -0.280. The van der Waals surface area contributed by atoms with Crippen molar-refractivity contribution >= 4 is 17.5 Å². The van der Waals surface area contributed by atoms with Gasteiger partial charge in [-0.15, -0.1) is 11.6 Å². The van der Waals surface area contributed by atoms with Gasteiger partial charge in [0, 0.05) is 32.0 Å². The van der Waals surface area contributed by atoms with Crippen LogP contribution in [0.25, 0.3) is 0 Å². The van der Waals surface area contributed by atoms with Crippen molar-refractivity contribution in [1.82, 2.24) is 4.90 Å². The first kappa shape index (κ1) is 13.8. The second-order valence-corrected chi connectivity index (χ2v) is 4.84. The van der Waals surface area contributed by atoms with Crippen LogP contribution in [0.1, 0.15) is 39.0 Å². The Balaban J connectivity index is 2.23. The largest absolute Gasteiger partial charge is 0.378 e. The molecule has 0 N–H and O–H groups in total. The average molecular weight is 248 g/mol. The molecule has 1 amide bonds. The quantitative estimate of drug-likeness (QED) is 0.699. The van der Waals surface area contributed by atoms with E-state index in [1.165, 1.54) is 6.42 Å². The minimum atomic E-state index is 0.112. The van der Waals surface area contributed by atoms with Gasteiger partial charge >= 0.3 is 0 Å². The first-order chi connectivity index (χ1) is 7.65. The molecule has 16 heavy (non-hydrogen) atoms. The minimum Gasteiger partial charge on any atom is -0.378 e. The molecule has 2 atom stereocenters. The van der Waals surface area contributed by atoms with E-state index >= 15 is 0 Å². The SMILES string of the molecule is CC(CCl)N(C)C(=O)CCC1CCCCO1. The van der Waals surface area contributed by atoms with Gasteiger partial charge in [-0.1, -0.05) is 0 Å². The maximum atomic E-state index is 11.8. The number of ether oxygens (including phenoxy) is 1. The maximum Gasteiger partial charge on any atom is 0.222 e. The highest BCUT2D eigenvalue weighted by atomic mass is 35.5. The number of halogens is 1. The van der Waals surface area contributed by atoms with Crippen LogP contribution < -0.4 is 0 Å². The lowest BCUT2D eigenvalue weighted by Crippen LogP contribution is -2.36. The number of hydrogen-bond acceptors (Lipinski definition) is 2. The molecule has 94 valence electrons. The van der Waals surface area contributed by atoms with Gasteiger partial charge in [0.1, 0.15) is 0 Å². The normalized spacial score (nSPS) is 22.8. The van der Waals surface area contributed by atoms with Crippen molar-refractivity contribution in [1.29, 1.82) is 0 Å². The molecule has 1 heterocycles. The van der Waals surface area contributed by atoms with Gasteiger partial charge in [0.2, 0.25) is 5.91 Å². The van der Waals surface area contributed by atoms with Crippen LogP contribution in [-0.4, -0.2) is 42.5 Å². The van der Waals surface area contributed by atoms with E-state index in [0.717, 1.165) is 25.9 Å². The van der Waals surface area contributed by atoms with E-state index in [1.54, 1.807) is 4.90 Å². The summed E-state index contributed by atoms with van der Waals surface area (Å²) in [4.78, 5) is 13.5. The molecule has 0 aliphatic carbocycles. The fourth-order valence-electron chi connectivity index (χ4n) is 1.85. The number of hydrogen-bond donors (Lipinski definition) is 0. The Kier molecular flexibility index (Phi) is 6.14. The summed E-state index contributed by atoms with van der Waals surface area (Å²) in [5.74, 6) is 0.657. The molecule has 1 aliphatic rings. The van der Waals surface area contributed by atoms with Crippen molar-refractivity contribution in [3.05, 3.63) is 0 Å². The Bertz CT molecular complexity index is 217. The number of nitrogens with zero attached hydrogens (tertiary/aromatic N) is 1. The molecule has 0 radical (unpaired) electrons. The number of amides is 1. The third-order valence-corrected chi connectivity index (χ3v) is 3.68. The predicted octanol–water partition coefficient (Wildman–Crippen LogP) is 2.42. The lowest BCUT2D eigenvalue weighted by Gasteiger charge is -2.26. The first-order valence-corrected chi connectivity index (χ1v) is 6.61. The van der Waals surface area contributed by atoms with Crippen molar-refractivity contribution < 1.29 is 9.53 Å². The topological polar surface area (TPSA) is 29.5 Å². The van der Waals surface area contributed by atoms with E-state index in [2.05, 4.69) is 0 Å². The van der Waals surface area contributed by atoms with Gasteiger partial charge < -0.3 is 9.64 Å². The lowest BCUT2D eigenvalue weighted by molar-refractivity contribution is -0.132. The van der Waals surface area contributed by atoms with Crippen molar-refractivity contribution in [2.45, 2.75) is 51.2 Å². The average Bonchev–Trinajstić information content (AvgIpc) is 2.35. The predicted molar refractivity (Wildman–Crippen MR) is 65.8 cm³/mol. The van der Waals surface area contributed by atoms with E-state index in [9.17, 15) is 4.79 Å². The van der Waals surface area contributed by atoms with Crippen LogP contribution in [0.3, 0.4) is 0 Å². The van der Waals surface area contributed by atoms with Gasteiger partial charge in [-0.05, 0) is 32.6 Å². The minimum absolute atomic E-state index is 0.112. The summed E-state index contributed by atoms with van der Waals surface area (Å²) in [6.45, 7) is 2.81. The monoisotopic (exact) mass is 247 g/mol. The fourth-order valence-corrected chi connectivity index (χ4v) is 2.05. The third-order valence-electron chi connectivity index (χ3n) is 3.23. The van der Waals surface area contributed by atoms with E-state index < -0.39 is 0 Å². The number of rotatable bonds is 5. The highest BCUT2D eigenvalue weighted by molar-refractivity contribution is 6.18. The van der Waals surface area contributed by atoms with Gasteiger partial charge in [0.05, 0.1) is 6.10 Å². The molecule has 2 unspecified atom stereocenters. The summed E-state index contributed by atoms with van der Waals surface area (Å²) in [6.07, 6.45) is 5.20. The zero-order chi connectivity index (χ0) is 12.0. The van der Waals surface area contributed by atoms with Gasteiger partial charge in [-0.3, -0.25) is 4.79 Å². The van der Waals surface area contributed by atoms with Crippen LogP contribution in [-0.2, 0) is 9.53 Å². The van der Waals surface area contributed by atoms with Crippen LogP contribution in [0.5, 0.6) is 0 Å². The van der Waals surface area contributed by atoms with Crippen LogP contribution in [0, 0.1) is 0 Å². The summed E-state index contributed by atoms with van der Waals surface area (Å²) in [6, 6.07) is 0.112. The number of carbonyl (C=O) groups is 1. The zero-order valence-electron chi connectivity index (χ0n) is 10.2. The van der Waals surface area contributed by atoms with E-state index in [4.69, 9.17) is 16.3 Å². The number of alkyl halides is 1. The Morgan fingerprint density at radius 3 is 2.88 bits per heavy atom. The molecule has 1 fully saturated rings. The fraction of sp³-hybridized carbons (Fsp3) is 0.917. The number of carbonyl (C=O) groups excluding carboxylic acids is 1. The van der Waals surface area contributed by atoms with Crippen LogP contribution in [0.4, 0.5) is 0 Å². The molecular formula is C12H22ClNO2. The molecule has 3 nitrogen and oxygen atoms in total. The molecule has 1 saturated heterocycles. The van der Waals surface area contributed by atoms with E-state index in [0.29, 0.717) is 12.3 Å². The standard InChI is InChI=1S/C12H22ClNO2/c1-10(9-13)14(2)12(15)7-6-11-5-3-4-8-16-11/h10-11H,3-9H2,1-2H3. The van der Waals surface area contributed by atoms with E-state index in [-0.39, 0.29) is 18.1 Å². The third kappa shape index (κ3) is 4.30. The summed E-state index contributed by atoms with van der Waals surface area (Å²) < 4.78 is 5.60. The molecule has 0 aromatic heterocycles. The van der Waals surface area contributed by atoms with Crippen molar-refractivity contribution in [2.75, 3.05) is 19.5 Å². The summed E-state index contributed by atoms with van der Waals surface area (Å²) in [5, 5.41) is 0. The molecule has 1 rings (SSSR count). The summed E-state index contributed by atoms with van der Waals surface area (Å²) in [5.41, 5.74) is 0. The highest BCUT2D eigenvalue weighted by Crippen LogP contribution is 2.17. The van der Waals surface area contributed by atoms with Gasteiger partial charge in [-0.2, -0.15) is 0 Å². The zero-order valence-corrected chi connectivity index (χ0v) is 11.0. The Morgan fingerprint density at radius 1 is 1.56 bits per heavy atom. The second-order valence-electron chi connectivity index (χ2n) is 4.54. The van der Waals surface area contributed by atoms with Gasteiger partial charge in [0.15, 0.2) is 0 Å². The maximum absolute atomic E-state index is 11.8. The molecule has 1 aliphatic heterocycles. The summed E-state index contributed by atoms with van der Waals surface area (Å²) in [7, 11) is 1.82. The highest BCUT2D eigenvalue weighted by Gasteiger charge is 2.18.